The van der Waals surface area contributed by atoms with Crippen LogP contribution in [-0.4, -0.2) is 23.9 Å². The van der Waals surface area contributed by atoms with Crippen LogP contribution in [0.1, 0.15) is 38.3 Å². The summed E-state index contributed by atoms with van der Waals surface area (Å²) in [5.41, 5.74) is 6.74. The molecule has 2 atom stereocenters. The lowest BCUT2D eigenvalue weighted by Crippen LogP contribution is -2.30. The summed E-state index contributed by atoms with van der Waals surface area (Å²) in [6, 6.07) is 7.68. The molecule has 18 heavy (non-hydrogen) atoms. The van der Waals surface area contributed by atoms with E-state index in [1.165, 1.54) is 0 Å². The Morgan fingerprint density at radius 2 is 1.89 bits per heavy atom. The zero-order valence-corrected chi connectivity index (χ0v) is 11.9. The topological polar surface area (TPSA) is 46.3 Å². The molecular weight excluding hydrogens is 248 g/mol. The van der Waals surface area contributed by atoms with Crippen molar-refractivity contribution in [1.82, 2.24) is 4.90 Å². The van der Waals surface area contributed by atoms with Gasteiger partial charge in [0.25, 0.3) is 0 Å². The van der Waals surface area contributed by atoms with Crippen molar-refractivity contribution in [2.45, 2.75) is 38.8 Å². The molecule has 4 heteroatoms. The SMILES string of the molecule is CC(N)CCC(=O)N(C)C(C)c1ccc(Cl)cc1. The van der Waals surface area contributed by atoms with Crippen molar-refractivity contribution < 1.29 is 4.79 Å². The standard InChI is InChI=1S/C14H21ClN2O/c1-10(16)4-9-14(18)17(3)11(2)12-5-7-13(15)8-6-12/h5-8,10-11H,4,9,16H2,1-3H3. The molecule has 1 aromatic carbocycles. The van der Waals surface area contributed by atoms with E-state index in [1.807, 2.05) is 45.2 Å². The third-order valence-corrected chi connectivity index (χ3v) is 3.39. The van der Waals surface area contributed by atoms with Crippen LogP contribution in [0.4, 0.5) is 0 Å². The molecule has 0 saturated heterocycles. The predicted molar refractivity (Wildman–Crippen MR) is 75.5 cm³/mol. The van der Waals surface area contributed by atoms with E-state index in [4.69, 9.17) is 17.3 Å². The number of carbonyl (C=O) groups is 1. The van der Waals surface area contributed by atoms with Crippen LogP contribution in [0.5, 0.6) is 0 Å². The highest BCUT2D eigenvalue weighted by molar-refractivity contribution is 6.30. The monoisotopic (exact) mass is 268 g/mol. The van der Waals surface area contributed by atoms with E-state index in [9.17, 15) is 4.79 Å². The zero-order chi connectivity index (χ0) is 13.7. The van der Waals surface area contributed by atoms with Crippen molar-refractivity contribution >= 4 is 17.5 Å². The molecule has 0 saturated carbocycles. The number of rotatable bonds is 5. The number of carbonyl (C=O) groups excluding carboxylic acids is 1. The van der Waals surface area contributed by atoms with Crippen molar-refractivity contribution in [1.29, 1.82) is 0 Å². The van der Waals surface area contributed by atoms with Gasteiger partial charge in [0.15, 0.2) is 0 Å². The molecule has 0 aliphatic heterocycles. The third kappa shape index (κ3) is 4.31. The molecular formula is C14H21ClN2O. The molecule has 0 radical (unpaired) electrons. The number of halogens is 1. The van der Waals surface area contributed by atoms with Gasteiger partial charge in [-0.25, -0.2) is 0 Å². The average Bonchev–Trinajstić information content (AvgIpc) is 2.35. The van der Waals surface area contributed by atoms with E-state index in [2.05, 4.69) is 0 Å². The molecule has 0 fully saturated rings. The highest BCUT2D eigenvalue weighted by Crippen LogP contribution is 2.21. The molecule has 0 bridgehead atoms. The quantitative estimate of drug-likeness (QED) is 0.892. The fourth-order valence-electron chi connectivity index (χ4n) is 1.71. The molecule has 0 aliphatic rings. The molecule has 1 aromatic rings. The third-order valence-electron chi connectivity index (χ3n) is 3.14. The van der Waals surface area contributed by atoms with Gasteiger partial charge in [0.05, 0.1) is 6.04 Å². The summed E-state index contributed by atoms with van der Waals surface area (Å²) in [4.78, 5) is 13.7. The molecule has 100 valence electrons. The minimum absolute atomic E-state index is 0.0443. The van der Waals surface area contributed by atoms with Gasteiger partial charge < -0.3 is 10.6 Å². The highest BCUT2D eigenvalue weighted by atomic mass is 35.5. The number of benzene rings is 1. The van der Waals surface area contributed by atoms with Crippen molar-refractivity contribution in [2.24, 2.45) is 5.73 Å². The second-order valence-electron chi connectivity index (χ2n) is 4.75. The number of nitrogens with two attached hydrogens (primary N) is 1. The van der Waals surface area contributed by atoms with Gasteiger partial charge in [0.1, 0.15) is 0 Å². The van der Waals surface area contributed by atoms with Gasteiger partial charge in [0, 0.05) is 24.5 Å². The van der Waals surface area contributed by atoms with E-state index in [-0.39, 0.29) is 18.0 Å². The molecule has 0 aliphatic carbocycles. The first kappa shape index (κ1) is 15.0. The maximum absolute atomic E-state index is 12.0. The van der Waals surface area contributed by atoms with Crippen LogP contribution in [0.25, 0.3) is 0 Å². The van der Waals surface area contributed by atoms with Crippen molar-refractivity contribution in [2.75, 3.05) is 7.05 Å². The van der Waals surface area contributed by atoms with Crippen LogP contribution in [0.2, 0.25) is 5.02 Å². The van der Waals surface area contributed by atoms with Gasteiger partial charge in [-0.1, -0.05) is 23.7 Å². The molecule has 0 spiro atoms. The Morgan fingerprint density at radius 1 is 1.33 bits per heavy atom. The molecule has 2 unspecified atom stereocenters. The van der Waals surface area contributed by atoms with Gasteiger partial charge in [-0.3, -0.25) is 4.79 Å². The Hall–Kier alpha value is -1.06. The molecule has 1 rings (SSSR count). The maximum Gasteiger partial charge on any atom is 0.222 e. The second kappa shape index (κ2) is 6.76. The minimum atomic E-state index is 0.0443. The van der Waals surface area contributed by atoms with Crippen molar-refractivity contribution in [3.8, 4) is 0 Å². The molecule has 2 N–H and O–H groups in total. The zero-order valence-electron chi connectivity index (χ0n) is 11.2. The second-order valence-corrected chi connectivity index (χ2v) is 5.18. The normalized spacial score (nSPS) is 14.1. The summed E-state index contributed by atoms with van der Waals surface area (Å²) in [7, 11) is 1.82. The van der Waals surface area contributed by atoms with Gasteiger partial charge >= 0.3 is 0 Å². The Bertz CT molecular complexity index is 389. The fraction of sp³-hybridized carbons (Fsp3) is 0.500. The summed E-state index contributed by atoms with van der Waals surface area (Å²) in [6.45, 7) is 3.92. The average molecular weight is 269 g/mol. The Morgan fingerprint density at radius 3 is 2.39 bits per heavy atom. The van der Waals surface area contributed by atoms with E-state index in [0.717, 1.165) is 12.0 Å². The molecule has 0 heterocycles. The van der Waals surface area contributed by atoms with E-state index >= 15 is 0 Å². The predicted octanol–water partition coefficient (Wildman–Crippen LogP) is 2.99. The van der Waals surface area contributed by atoms with Crippen LogP contribution < -0.4 is 5.73 Å². The summed E-state index contributed by atoms with van der Waals surface area (Å²) in [5, 5.41) is 0.705. The lowest BCUT2D eigenvalue weighted by molar-refractivity contribution is -0.132. The summed E-state index contributed by atoms with van der Waals surface area (Å²) in [6.07, 6.45) is 1.21. The Labute approximate surface area is 114 Å². The molecule has 1 amide bonds. The van der Waals surface area contributed by atoms with E-state index in [1.54, 1.807) is 4.90 Å². The maximum atomic E-state index is 12.0. The van der Waals surface area contributed by atoms with Crippen LogP contribution in [0.3, 0.4) is 0 Å². The summed E-state index contributed by atoms with van der Waals surface area (Å²) < 4.78 is 0. The molecule has 3 nitrogen and oxygen atoms in total. The van der Waals surface area contributed by atoms with Gasteiger partial charge in [0.2, 0.25) is 5.91 Å². The van der Waals surface area contributed by atoms with E-state index < -0.39 is 0 Å². The first-order chi connectivity index (χ1) is 8.41. The Kier molecular flexibility index (Phi) is 5.63. The largest absolute Gasteiger partial charge is 0.339 e. The van der Waals surface area contributed by atoms with E-state index in [0.29, 0.717) is 11.4 Å². The summed E-state index contributed by atoms with van der Waals surface area (Å²) >= 11 is 5.85. The number of nitrogens with zero attached hydrogens (tertiary/aromatic N) is 1. The van der Waals surface area contributed by atoms with Crippen LogP contribution in [-0.2, 0) is 4.79 Å². The van der Waals surface area contributed by atoms with Gasteiger partial charge in [-0.2, -0.15) is 0 Å². The number of hydrogen-bond acceptors (Lipinski definition) is 2. The molecule has 0 aromatic heterocycles. The lowest BCUT2D eigenvalue weighted by atomic mass is 10.1. The summed E-state index contributed by atoms with van der Waals surface area (Å²) in [5.74, 6) is 0.120. The van der Waals surface area contributed by atoms with Crippen LogP contribution in [0, 0.1) is 0 Å². The Balaban J connectivity index is 2.62. The minimum Gasteiger partial charge on any atom is -0.339 e. The first-order valence-electron chi connectivity index (χ1n) is 6.18. The van der Waals surface area contributed by atoms with Crippen molar-refractivity contribution in [3.05, 3.63) is 34.9 Å². The smallest absolute Gasteiger partial charge is 0.222 e. The number of hydrogen-bond donors (Lipinski definition) is 1. The first-order valence-corrected chi connectivity index (χ1v) is 6.56. The van der Waals surface area contributed by atoms with Crippen molar-refractivity contribution in [3.63, 3.8) is 0 Å². The number of amides is 1. The van der Waals surface area contributed by atoms with Crippen LogP contribution >= 0.6 is 11.6 Å². The fourth-order valence-corrected chi connectivity index (χ4v) is 1.83. The van der Waals surface area contributed by atoms with Crippen LogP contribution in [0.15, 0.2) is 24.3 Å². The van der Waals surface area contributed by atoms with Gasteiger partial charge in [-0.15, -0.1) is 0 Å². The highest BCUT2D eigenvalue weighted by Gasteiger charge is 2.17. The van der Waals surface area contributed by atoms with Gasteiger partial charge in [-0.05, 0) is 38.0 Å². The lowest BCUT2D eigenvalue weighted by Gasteiger charge is -2.25.